The van der Waals surface area contributed by atoms with E-state index in [1.165, 1.54) is 173 Å². The Morgan fingerprint density at radius 2 is 0.818 bits per heavy atom. The van der Waals surface area contributed by atoms with Crippen LogP contribution in [0.15, 0.2) is 36.5 Å². The van der Waals surface area contributed by atoms with Gasteiger partial charge in [-0.2, -0.15) is 0 Å². The van der Waals surface area contributed by atoms with Crippen molar-refractivity contribution in [1.29, 1.82) is 0 Å². The summed E-state index contributed by atoms with van der Waals surface area (Å²) in [5, 5.41) is 11.7. The van der Waals surface area contributed by atoms with E-state index in [0.29, 0.717) is 23.9 Å². The number of rotatable bonds is 51. The predicted octanol–water partition coefficient (Wildman–Crippen LogP) is 14.4. The summed E-state index contributed by atoms with van der Waals surface area (Å²) in [4.78, 5) is 37.0. The molecule has 66 heavy (non-hydrogen) atoms. The number of unbranched alkanes of at least 4 members (excludes halogenated alkanes) is 30. The quantitative estimate of drug-likeness (QED) is 0.0195. The van der Waals surface area contributed by atoms with Gasteiger partial charge in [0, 0.05) is 12.8 Å². The van der Waals surface area contributed by atoms with Gasteiger partial charge in [0.05, 0.1) is 40.3 Å². The molecule has 0 aromatic rings. The summed E-state index contributed by atoms with van der Waals surface area (Å²) >= 11 is 0. The highest BCUT2D eigenvalue weighted by Crippen LogP contribution is 2.16. The molecule has 0 saturated heterocycles. The topological polar surface area (TPSA) is 111 Å². The average Bonchev–Trinajstić information content (AvgIpc) is 3.28. The van der Waals surface area contributed by atoms with Crippen molar-refractivity contribution in [3.05, 3.63) is 36.5 Å². The normalized spacial score (nSPS) is 13.0. The van der Waals surface area contributed by atoms with Gasteiger partial charge in [0.2, 0.25) is 0 Å². The second-order valence-electron chi connectivity index (χ2n) is 19.9. The number of carbonyl (C=O) groups excluding carboxylic acids is 3. The van der Waals surface area contributed by atoms with E-state index in [4.69, 9.17) is 18.9 Å². The molecule has 0 aromatic heterocycles. The maximum Gasteiger partial charge on any atom is 0.306 e. The molecule has 9 heteroatoms. The Labute approximate surface area is 407 Å². The summed E-state index contributed by atoms with van der Waals surface area (Å²) in [5.74, 6) is -2.28. The van der Waals surface area contributed by atoms with Crippen molar-refractivity contribution in [3.63, 3.8) is 0 Å². The fourth-order valence-corrected chi connectivity index (χ4v) is 7.84. The average molecular weight is 932 g/mol. The number of allylic oxidation sites excluding steroid dienone is 6. The molecular formula is C57H105NO8. The lowest BCUT2D eigenvalue weighted by Gasteiger charge is -2.26. The summed E-state index contributed by atoms with van der Waals surface area (Å²) in [6.45, 7) is 4.72. The van der Waals surface area contributed by atoms with Crippen LogP contribution in [0.5, 0.6) is 0 Å². The van der Waals surface area contributed by atoms with Gasteiger partial charge in [0.15, 0.2) is 12.4 Å². The lowest BCUT2D eigenvalue weighted by Crippen LogP contribution is -2.44. The van der Waals surface area contributed by atoms with Crippen LogP contribution >= 0.6 is 0 Å². The van der Waals surface area contributed by atoms with Crippen molar-refractivity contribution in [3.8, 4) is 0 Å². The van der Waals surface area contributed by atoms with Gasteiger partial charge in [-0.25, -0.2) is 0 Å². The molecule has 0 rings (SSSR count). The van der Waals surface area contributed by atoms with Crippen molar-refractivity contribution >= 4 is 17.9 Å². The molecular weight excluding hydrogens is 827 g/mol. The van der Waals surface area contributed by atoms with E-state index in [1.807, 2.05) is 21.1 Å². The lowest BCUT2D eigenvalue weighted by atomic mass is 10.0. The highest BCUT2D eigenvalue weighted by atomic mass is 16.7. The standard InChI is InChI=1S/C57H105NO8/c1-6-8-10-12-14-16-17-18-19-20-21-22-23-24-25-26-27-28-29-30-31-32-33-34-35-36-37-38-39-40-42-44-46-48-55(60)66-53(52-65-57(56(61)62)63-50-49-58(3,4)5)51-64-54(59)47-45-43-41-15-13-11-9-7-2/h17-18,20-21,23-24,53,57H,6-16,19,22,25-52H2,1-5H3/b18-17-,21-20-,24-23-. The molecule has 0 saturated carbocycles. The van der Waals surface area contributed by atoms with Gasteiger partial charge in [-0.1, -0.05) is 224 Å². The van der Waals surface area contributed by atoms with E-state index in [2.05, 4.69) is 50.3 Å². The van der Waals surface area contributed by atoms with Crippen LogP contribution in [-0.4, -0.2) is 82.3 Å². The molecule has 2 atom stereocenters. The van der Waals surface area contributed by atoms with Crippen LogP contribution in [0.25, 0.3) is 0 Å². The third kappa shape index (κ3) is 49.4. The van der Waals surface area contributed by atoms with Crippen LogP contribution in [0.3, 0.4) is 0 Å². The van der Waals surface area contributed by atoms with Crippen LogP contribution in [0, 0.1) is 0 Å². The van der Waals surface area contributed by atoms with E-state index in [1.54, 1.807) is 0 Å². The van der Waals surface area contributed by atoms with E-state index >= 15 is 0 Å². The SMILES string of the molecule is CCCCCCC/C=C\C/C=C\C/C=C\CCCCCCCCCCCCCCCCCCCCC(=O)OC(COC(=O)CCCCCCCCCC)COC(OCC[N+](C)(C)C)C(=O)[O-]. The van der Waals surface area contributed by atoms with Gasteiger partial charge >= 0.3 is 11.9 Å². The summed E-state index contributed by atoms with van der Waals surface area (Å²) in [6, 6.07) is 0. The van der Waals surface area contributed by atoms with Gasteiger partial charge < -0.3 is 33.3 Å². The number of nitrogens with zero attached hydrogens (tertiary/aromatic N) is 1. The maximum atomic E-state index is 12.8. The zero-order valence-corrected chi connectivity index (χ0v) is 43.8. The molecule has 0 aliphatic heterocycles. The third-order valence-corrected chi connectivity index (χ3v) is 12.1. The molecule has 9 nitrogen and oxygen atoms in total. The smallest absolute Gasteiger partial charge is 0.306 e. The molecule has 0 aliphatic carbocycles. The Balaban J connectivity index is 3.99. The largest absolute Gasteiger partial charge is 0.545 e. The minimum Gasteiger partial charge on any atom is -0.545 e. The fourth-order valence-electron chi connectivity index (χ4n) is 7.84. The van der Waals surface area contributed by atoms with Crippen LogP contribution in [0.4, 0.5) is 0 Å². The number of carboxylic acids is 1. The summed E-state index contributed by atoms with van der Waals surface area (Å²) in [7, 11) is 5.91. The second kappa shape index (κ2) is 48.9. The third-order valence-electron chi connectivity index (χ3n) is 12.1. The Kier molecular flexibility index (Phi) is 47.1. The zero-order chi connectivity index (χ0) is 48.4. The Morgan fingerprint density at radius 3 is 1.21 bits per heavy atom. The van der Waals surface area contributed by atoms with Crippen LogP contribution < -0.4 is 5.11 Å². The first-order chi connectivity index (χ1) is 32.1. The Hall–Kier alpha value is -2.49. The monoisotopic (exact) mass is 932 g/mol. The molecule has 0 bridgehead atoms. The highest BCUT2D eigenvalue weighted by Gasteiger charge is 2.22. The first kappa shape index (κ1) is 63.5. The number of likely N-dealkylation sites (N-methyl/N-ethyl adjacent to an activating group) is 1. The number of hydrogen-bond donors (Lipinski definition) is 0. The van der Waals surface area contributed by atoms with Crippen molar-refractivity contribution in [2.45, 2.75) is 264 Å². The van der Waals surface area contributed by atoms with Gasteiger partial charge in [0.1, 0.15) is 13.2 Å². The van der Waals surface area contributed by atoms with Gasteiger partial charge in [-0.05, 0) is 51.4 Å². The number of hydrogen-bond acceptors (Lipinski definition) is 8. The van der Waals surface area contributed by atoms with Crippen molar-refractivity contribution in [2.75, 3.05) is 47.5 Å². The highest BCUT2D eigenvalue weighted by molar-refractivity contribution is 5.70. The molecule has 0 spiro atoms. The minimum atomic E-state index is -1.62. The van der Waals surface area contributed by atoms with E-state index in [0.717, 1.165) is 44.9 Å². The molecule has 0 radical (unpaired) electrons. The number of carboxylic acid groups (broad SMARTS) is 1. The van der Waals surface area contributed by atoms with Gasteiger partial charge in [-0.3, -0.25) is 9.59 Å². The van der Waals surface area contributed by atoms with Crippen molar-refractivity contribution in [2.24, 2.45) is 0 Å². The summed E-state index contributed by atoms with van der Waals surface area (Å²) in [6.07, 6.45) is 55.1. The molecule has 0 heterocycles. The van der Waals surface area contributed by atoms with Crippen LogP contribution in [0.1, 0.15) is 251 Å². The van der Waals surface area contributed by atoms with Crippen molar-refractivity contribution < 1.29 is 42.9 Å². The van der Waals surface area contributed by atoms with Crippen molar-refractivity contribution in [1.82, 2.24) is 0 Å². The number of ether oxygens (including phenoxy) is 4. The molecule has 0 aromatic carbocycles. The Bertz CT molecular complexity index is 1180. The molecule has 2 unspecified atom stereocenters. The molecule has 0 amide bonds. The van der Waals surface area contributed by atoms with E-state index < -0.39 is 24.3 Å². The molecule has 0 N–H and O–H groups in total. The number of aliphatic carboxylic acids is 1. The molecule has 386 valence electrons. The maximum absolute atomic E-state index is 12.8. The van der Waals surface area contributed by atoms with E-state index in [9.17, 15) is 19.5 Å². The first-order valence-corrected chi connectivity index (χ1v) is 27.6. The van der Waals surface area contributed by atoms with Gasteiger partial charge in [0.25, 0.3) is 0 Å². The van der Waals surface area contributed by atoms with Crippen LogP contribution in [0.2, 0.25) is 0 Å². The number of quaternary nitrogens is 1. The summed E-state index contributed by atoms with van der Waals surface area (Å²) < 4.78 is 22.6. The van der Waals surface area contributed by atoms with E-state index in [-0.39, 0.29) is 32.2 Å². The fraction of sp³-hybridized carbons (Fsp3) is 0.842. The minimum absolute atomic E-state index is 0.150. The predicted molar refractivity (Wildman–Crippen MR) is 274 cm³/mol. The Morgan fingerprint density at radius 1 is 0.455 bits per heavy atom. The second-order valence-corrected chi connectivity index (χ2v) is 19.9. The number of carbonyl (C=O) groups is 3. The van der Waals surface area contributed by atoms with Crippen LogP contribution in [-0.2, 0) is 33.3 Å². The zero-order valence-electron chi connectivity index (χ0n) is 43.8. The summed E-state index contributed by atoms with van der Waals surface area (Å²) in [5.41, 5.74) is 0. The lowest BCUT2D eigenvalue weighted by molar-refractivity contribution is -0.870. The molecule has 0 fully saturated rings. The van der Waals surface area contributed by atoms with Gasteiger partial charge in [-0.15, -0.1) is 0 Å². The molecule has 0 aliphatic rings. The number of esters is 2. The first-order valence-electron chi connectivity index (χ1n) is 27.6.